The Morgan fingerprint density at radius 1 is 1.69 bits per heavy atom. The summed E-state index contributed by atoms with van der Waals surface area (Å²) in [4.78, 5) is 12.2. The van der Waals surface area contributed by atoms with E-state index in [-0.39, 0.29) is 5.69 Å². The Hall–Kier alpha value is -1.63. The number of aromatic nitrogens is 2. The predicted molar refractivity (Wildman–Crippen MR) is 57.3 cm³/mol. The molecule has 0 unspecified atom stereocenters. The second kappa shape index (κ2) is 4.09. The lowest BCUT2D eigenvalue weighted by molar-refractivity contribution is -0.384. The number of nitro groups is 1. The molecule has 7 nitrogen and oxygen atoms in total. The SMILES string of the molecule is Cn1cc([N+](=O)[O-])c(N2CCC[C@H](O)C2)n1. The van der Waals surface area contributed by atoms with Gasteiger partial charge in [0.15, 0.2) is 0 Å². The number of aliphatic hydroxyl groups is 1. The van der Waals surface area contributed by atoms with Gasteiger partial charge in [-0.3, -0.25) is 14.8 Å². The first-order valence-electron chi connectivity index (χ1n) is 5.19. The highest BCUT2D eigenvalue weighted by atomic mass is 16.6. The molecule has 88 valence electrons. The lowest BCUT2D eigenvalue weighted by Crippen LogP contribution is -2.38. The molecule has 1 N–H and O–H groups in total. The fourth-order valence-electron chi connectivity index (χ4n) is 1.97. The molecule has 1 aliphatic heterocycles. The Morgan fingerprint density at radius 2 is 2.44 bits per heavy atom. The van der Waals surface area contributed by atoms with Crippen molar-refractivity contribution in [3.8, 4) is 0 Å². The third-order valence-electron chi connectivity index (χ3n) is 2.68. The minimum atomic E-state index is -0.441. The highest BCUT2D eigenvalue weighted by Gasteiger charge is 2.27. The number of anilines is 1. The third kappa shape index (κ3) is 1.99. The van der Waals surface area contributed by atoms with Gasteiger partial charge >= 0.3 is 5.69 Å². The maximum Gasteiger partial charge on any atom is 0.330 e. The van der Waals surface area contributed by atoms with E-state index in [1.807, 2.05) is 0 Å². The summed E-state index contributed by atoms with van der Waals surface area (Å²) >= 11 is 0. The number of hydrogen-bond acceptors (Lipinski definition) is 5. The lowest BCUT2D eigenvalue weighted by Gasteiger charge is -2.29. The zero-order valence-electron chi connectivity index (χ0n) is 9.04. The van der Waals surface area contributed by atoms with E-state index < -0.39 is 11.0 Å². The van der Waals surface area contributed by atoms with Gasteiger partial charge in [-0.25, -0.2) is 0 Å². The van der Waals surface area contributed by atoms with Crippen LogP contribution in [0.4, 0.5) is 11.5 Å². The molecule has 16 heavy (non-hydrogen) atoms. The van der Waals surface area contributed by atoms with Crippen LogP contribution in [0.3, 0.4) is 0 Å². The van der Waals surface area contributed by atoms with Gasteiger partial charge in [0.05, 0.1) is 11.0 Å². The van der Waals surface area contributed by atoms with Gasteiger partial charge in [0, 0.05) is 20.1 Å². The summed E-state index contributed by atoms with van der Waals surface area (Å²) in [5, 5.41) is 24.4. The quantitative estimate of drug-likeness (QED) is 0.578. The highest BCUT2D eigenvalue weighted by Crippen LogP contribution is 2.28. The van der Waals surface area contributed by atoms with Crippen LogP contribution >= 0.6 is 0 Å². The Balaban J connectivity index is 2.28. The number of β-amino-alcohol motifs (C(OH)–C–C–N with tert-alkyl or cyclic N) is 1. The summed E-state index contributed by atoms with van der Waals surface area (Å²) in [7, 11) is 1.65. The highest BCUT2D eigenvalue weighted by molar-refractivity contribution is 5.57. The second-order valence-electron chi connectivity index (χ2n) is 4.01. The Kier molecular flexibility index (Phi) is 2.78. The van der Waals surface area contributed by atoms with Crippen molar-refractivity contribution in [2.75, 3.05) is 18.0 Å². The standard InChI is InChI=1S/C9H14N4O3/c1-11-6-8(13(15)16)9(10-11)12-4-2-3-7(14)5-12/h6-7,14H,2-5H2,1H3/t7-/m0/s1. The van der Waals surface area contributed by atoms with Crippen LogP contribution in [0.1, 0.15) is 12.8 Å². The van der Waals surface area contributed by atoms with E-state index in [0.29, 0.717) is 18.9 Å². The van der Waals surface area contributed by atoms with Crippen LogP contribution < -0.4 is 4.90 Å². The lowest BCUT2D eigenvalue weighted by atomic mass is 10.1. The smallest absolute Gasteiger partial charge is 0.330 e. The van der Waals surface area contributed by atoms with Crippen LogP contribution in [-0.2, 0) is 7.05 Å². The summed E-state index contributed by atoms with van der Waals surface area (Å²) in [5.74, 6) is 0.353. The fraction of sp³-hybridized carbons (Fsp3) is 0.667. The van der Waals surface area contributed by atoms with Crippen LogP contribution in [0, 0.1) is 10.1 Å². The minimum Gasteiger partial charge on any atom is -0.391 e. The summed E-state index contributed by atoms with van der Waals surface area (Å²) in [6, 6.07) is 0. The first kappa shape index (κ1) is 10.9. The van der Waals surface area contributed by atoms with Crippen molar-refractivity contribution in [3.05, 3.63) is 16.3 Å². The largest absolute Gasteiger partial charge is 0.391 e. The summed E-state index contributed by atoms with van der Waals surface area (Å²) in [6.45, 7) is 1.12. The molecule has 1 aromatic heterocycles. The maximum absolute atomic E-state index is 10.8. The van der Waals surface area contributed by atoms with Crippen molar-refractivity contribution < 1.29 is 10.0 Å². The number of piperidine rings is 1. The van der Waals surface area contributed by atoms with Crippen LogP contribution in [-0.4, -0.2) is 39.0 Å². The molecular weight excluding hydrogens is 212 g/mol. The molecule has 7 heteroatoms. The molecule has 1 aliphatic rings. The minimum absolute atomic E-state index is 0.00315. The zero-order valence-corrected chi connectivity index (χ0v) is 9.04. The van der Waals surface area contributed by atoms with Crippen LogP contribution in [0.25, 0.3) is 0 Å². The van der Waals surface area contributed by atoms with E-state index in [4.69, 9.17) is 0 Å². The molecule has 1 aromatic rings. The van der Waals surface area contributed by atoms with E-state index in [1.54, 1.807) is 11.9 Å². The van der Waals surface area contributed by atoms with Gasteiger partial charge in [-0.2, -0.15) is 0 Å². The van der Waals surface area contributed by atoms with Crippen molar-refractivity contribution >= 4 is 11.5 Å². The number of aliphatic hydroxyl groups excluding tert-OH is 1. The molecule has 0 spiro atoms. The van der Waals surface area contributed by atoms with E-state index in [2.05, 4.69) is 5.10 Å². The monoisotopic (exact) mass is 226 g/mol. The van der Waals surface area contributed by atoms with Crippen molar-refractivity contribution in [1.29, 1.82) is 0 Å². The first-order valence-corrected chi connectivity index (χ1v) is 5.19. The van der Waals surface area contributed by atoms with Crippen molar-refractivity contribution in [2.45, 2.75) is 18.9 Å². The first-order chi connectivity index (χ1) is 7.58. The van der Waals surface area contributed by atoms with E-state index in [0.717, 1.165) is 12.8 Å². The van der Waals surface area contributed by atoms with E-state index >= 15 is 0 Å². The van der Waals surface area contributed by atoms with Gasteiger partial charge in [-0.05, 0) is 12.8 Å². The Bertz CT molecular complexity index is 403. The Morgan fingerprint density at radius 3 is 3.06 bits per heavy atom. The average molecular weight is 226 g/mol. The van der Waals surface area contributed by atoms with Gasteiger partial charge < -0.3 is 10.0 Å². The van der Waals surface area contributed by atoms with Crippen LogP contribution in [0.15, 0.2) is 6.20 Å². The third-order valence-corrected chi connectivity index (χ3v) is 2.68. The van der Waals surface area contributed by atoms with Gasteiger partial charge in [0.25, 0.3) is 0 Å². The number of rotatable bonds is 2. The molecule has 2 rings (SSSR count). The molecule has 0 bridgehead atoms. The number of aryl methyl sites for hydroxylation is 1. The molecule has 0 aromatic carbocycles. The maximum atomic E-state index is 10.8. The zero-order chi connectivity index (χ0) is 11.7. The van der Waals surface area contributed by atoms with E-state index in [1.165, 1.54) is 10.9 Å². The van der Waals surface area contributed by atoms with Gasteiger partial charge in [0.1, 0.15) is 6.20 Å². The molecule has 0 aliphatic carbocycles. The van der Waals surface area contributed by atoms with Crippen molar-refractivity contribution in [3.63, 3.8) is 0 Å². The van der Waals surface area contributed by atoms with Crippen LogP contribution in [0.2, 0.25) is 0 Å². The summed E-state index contributed by atoms with van der Waals surface area (Å²) < 4.78 is 1.43. The number of hydrogen-bond donors (Lipinski definition) is 1. The van der Waals surface area contributed by atoms with Crippen molar-refractivity contribution in [2.24, 2.45) is 7.05 Å². The van der Waals surface area contributed by atoms with Gasteiger partial charge in [0.2, 0.25) is 5.82 Å². The molecule has 2 heterocycles. The molecule has 1 fully saturated rings. The normalized spacial score (nSPS) is 21.1. The topological polar surface area (TPSA) is 84.4 Å². The summed E-state index contributed by atoms with van der Waals surface area (Å²) in [5.41, 5.74) is -0.00315. The fourth-order valence-corrected chi connectivity index (χ4v) is 1.97. The van der Waals surface area contributed by atoms with Gasteiger partial charge in [-0.1, -0.05) is 0 Å². The molecule has 1 atom stereocenters. The molecule has 0 amide bonds. The molecule has 0 saturated carbocycles. The summed E-state index contributed by atoms with van der Waals surface area (Å²) in [6.07, 6.45) is 2.54. The van der Waals surface area contributed by atoms with E-state index in [9.17, 15) is 15.2 Å². The van der Waals surface area contributed by atoms with Crippen molar-refractivity contribution in [1.82, 2.24) is 9.78 Å². The second-order valence-corrected chi connectivity index (χ2v) is 4.01. The Labute approximate surface area is 92.4 Å². The average Bonchev–Trinajstić information content (AvgIpc) is 2.60. The molecule has 1 saturated heterocycles. The predicted octanol–water partition coefficient (Wildman–Crippen LogP) is 0.289. The number of nitrogens with zero attached hydrogens (tertiary/aromatic N) is 4. The molecule has 0 radical (unpaired) electrons. The van der Waals surface area contributed by atoms with Gasteiger partial charge in [-0.15, -0.1) is 5.10 Å². The van der Waals surface area contributed by atoms with Crippen LogP contribution in [0.5, 0.6) is 0 Å². The molecular formula is C9H14N4O3.